The Labute approximate surface area is 111 Å². The third-order valence-corrected chi connectivity index (χ3v) is 2.89. The van der Waals surface area contributed by atoms with E-state index in [0.717, 1.165) is 11.3 Å². The lowest BCUT2D eigenvalue weighted by atomic mass is 10.1. The molecule has 0 fully saturated rings. The van der Waals surface area contributed by atoms with Crippen LogP contribution in [-0.2, 0) is 0 Å². The number of rotatable bonds is 3. The van der Waals surface area contributed by atoms with Crippen LogP contribution in [0.3, 0.4) is 0 Å². The van der Waals surface area contributed by atoms with Crippen molar-refractivity contribution in [2.75, 3.05) is 5.32 Å². The zero-order chi connectivity index (χ0) is 13.1. The average Bonchev–Trinajstić information content (AvgIpc) is 2.34. The molecule has 2 aromatic carbocycles. The number of halogens is 1. The fourth-order valence-corrected chi connectivity index (χ4v) is 1.91. The van der Waals surface area contributed by atoms with E-state index in [-0.39, 0.29) is 10.8 Å². The molecule has 0 unspecified atom stereocenters. The summed E-state index contributed by atoms with van der Waals surface area (Å²) in [5.74, 6) is -0.311. The van der Waals surface area contributed by atoms with Crippen LogP contribution in [0, 0.1) is 12.7 Å². The Kier molecular flexibility index (Phi) is 3.58. The van der Waals surface area contributed by atoms with Crippen LogP contribution >= 0.6 is 12.2 Å². The summed E-state index contributed by atoms with van der Waals surface area (Å²) in [7, 11) is 0. The van der Waals surface area contributed by atoms with Crippen LogP contribution in [0.1, 0.15) is 11.1 Å². The topological polar surface area (TPSA) is 38.0 Å². The van der Waals surface area contributed by atoms with E-state index in [9.17, 15) is 4.39 Å². The van der Waals surface area contributed by atoms with E-state index in [4.69, 9.17) is 18.0 Å². The predicted molar refractivity (Wildman–Crippen MR) is 76.7 cm³/mol. The molecule has 3 N–H and O–H groups in total. The summed E-state index contributed by atoms with van der Waals surface area (Å²) in [5, 5.41) is 3.05. The molecule has 92 valence electrons. The summed E-state index contributed by atoms with van der Waals surface area (Å²) >= 11 is 5.00. The van der Waals surface area contributed by atoms with Gasteiger partial charge in [-0.3, -0.25) is 0 Å². The minimum atomic E-state index is -0.311. The summed E-state index contributed by atoms with van der Waals surface area (Å²) in [5.41, 5.74) is 8.50. The molecule has 0 amide bonds. The van der Waals surface area contributed by atoms with Crippen LogP contribution in [0.25, 0.3) is 0 Å². The molecular formula is C14H13FN2S. The molecule has 0 radical (unpaired) electrons. The fourth-order valence-electron chi connectivity index (χ4n) is 1.74. The molecule has 0 saturated heterocycles. The molecule has 2 aromatic rings. The number of anilines is 2. The zero-order valence-corrected chi connectivity index (χ0v) is 10.7. The summed E-state index contributed by atoms with van der Waals surface area (Å²) < 4.78 is 13.6. The Hall–Kier alpha value is -1.94. The number of hydrogen-bond donors (Lipinski definition) is 2. The molecule has 18 heavy (non-hydrogen) atoms. The first-order valence-corrected chi connectivity index (χ1v) is 5.91. The summed E-state index contributed by atoms with van der Waals surface area (Å²) in [6.07, 6.45) is 0. The van der Waals surface area contributed by atoms with E-state index in [1.807, 2.05) is 25.1 Å². The van der Waals surface area contributed by atoms with E-state index in [2.05, 4.69) is 5.32 Å². The highest BCUT2D eigenvalue weighted by molar-refractivity contribution is 7.80. The van der Waals surface area contributed by atoms with Gasteiger partial charge < -0.3 is 11.1 Å². The number of thiocarbonyl (C=S) groups is 1. The first kappa shape index (κ1) is 12.5. The van der Waals surface area contributed by atoms with Crippen LogP contribution in [0.15, 0.2) is 42.5 Å². The highest BCUT2D eigenvalue weighted by atomic mass is 32.1. The lowest BCUT2D eigenvalue weighted by Gasteiger charge is -2.14. The van der Waals surface area contributed by atoms with Crippen LogP contribution in [-0.4, -0.2) is 4.99 Å². The van der Waals surface area contributed by atoms with Gasteiger partial charge >= 0.3 is 0 Å². The van der Waals surface area contributed by atoms with Gasteiger partial charge in [-0.05, 0) is 30.7 Å². The van der Waals surface area contributed by atoms with Gasteiger partial charge in [0.2, 0.25) is 0 Å². The molecule has 0 aliphatic carbocycles. The van der Waals surface area contributed by atoms with Crippen LogP contribution < -0.4 is 11.1 Å². The third-order valence-electron chi connectivity index (χ3n) is 2.67. The van der Waals surface area contributed by atoms with Crippen molar-refractivity contribution < 1.29 is 4.39 Å². The van der Waals surface area contributed by atoms with Crippen molar-refractivity contribution in [1.29, 1.82) is 0 Å². The smallest absolute Gasteiger partial charge is 0.146 e. The number of nitrogens with one attached hydrogen (secondary N) is 1. The van der Waals surface area contributed by atoms with Gasteiger partial charge in [-0.15, -0.1) is 0 Å². The normalized spacial score (nSPS) is 10.1. The maximum Gasteiger partial charge on any atom is 0.146 e. The fraction of sp³-hybridized carbons (Fsp3) is 0.0714. The second-order valence-corrected chi connectivity index (χ2v) is 4.41. The van der Waals surface area contributed by atoms with Crippen molar-refractivity contribution >= 4 is 28.6 Å². The van der Waals surface area contributed by atoms with Crippen molar-refractivity contribution in [1.82, 2.24) is 0 Å². The van der Waals surface area contributed by atoms with Gasteiger partial charge in [0.1, 0.15) is 10.8 Å². The maximum absolute atomic E-state index is 13.6. The molecule has 0 aliphatic heterocycles. The number of nitrogens with two attached hydrogens (primary N) is 1. The Morgan fingerprint density at radius 1 is 1.17 bits per heavy atom. The van der Waals surface area contributed by atoms with E-state index in [1.54, 1.807) is 18.2 Å². The van der Waals surface area contributed by atoms with E-state index in [1.165, 1.54) is 6.07 Å². The minimum Gasteiger partial charge on any atom is -0.389 e. The second-order valence-electron chi connectivity index (χ2n) is 3.97. The molecule has 0 atom stereocenters. The highest BCUT2D eigenvalue weighted by Gasteiger charge is 2.09. The molecule has 0 saturated carbocycles. The lowest BCUT2D eigenvalue weighted by Crippen LogP contribution is -2.13. The van der Waals surface area contributed by atoms with Gasteiger partial charge in [-0.2, -0.15) is 0 Å². The van der Waals surface area contributed by atoms with Crippen molar-refractivity contribution in [3.8, 4) is 0 Å². The minimum absolute atomic E-state index is 0.289. The van der Waals surface area contributed by atoms with Crippen molar-refractivity contribution in [2.45, 2.75) is 6.92 Å². The van der Waals surface area contributed by atoms with Crippen LogP contribution in [0.4, 0.5) is 15.8 Å². The van der Waals surface area contributed by atoms with Crippen molar-refractivity contribution in [3.63, 3.8) is 0 Å². The summed E-state index contributed by atoms with van der Waals surface area (Å²) in [6, 6.07) is 12.1. The third kappa shape index (κ3) is 2.49. The van der Waals surface area contributed by atoms with Gasteiger partial charge in [0, 0.05) is 5.56 Å². The largest absolute Gasteiger partial charge is 0.389 e. The van der Waals surface area contributed by atoms with Crippen molar-refractivity contribution in [3.05, 3.63) is 59.4 Å². The second kappa shape index (κ2) is 5.14. The Morgan fingerprint density at radius 2 is 1.89 bits per heavy atom. The monoisotopic (exact) mass is 260 g/mol. The summed E-state index contributed by atoms with van der Waals surface area (Å²) in [4.78, 5) is 0.289. The standard InChI is InChI=1S/C14H13FN2S/c1-9-5-4-6-10(14(16)18)13(9)17-12-8-3-2-7-11(12)15/h2-8,17H,1H3,(H2,16,18). The van der Waals surface area contributed by atoms with E-state index >= 15 is 0 Å². The SMILES string of the molecule is Cc1cccc(C(N)=S)c1Nc1ccccc1F. The predicted octanol–water partition coefficient (Wildman–Crippen LogP) is 3.51. The molecule has 0 aromatic heterocycles. The Balaban J connectivity index is 2.46. The molecule has 2 nitrogen and oxygen atoms in total. The number of para-hydroxylation sites is 2. The number of aryl methyl sites for hydroxylation is 1. The number of hydrogen-bond acceptors (Lipinski definition) is 2. The first-order chi connectivity index (χ1) is 8.59. The van der Waals surface area contributed by atoms with Gasteiger partial charge in [-0.1, -0.05) is 36.5 Å². The maximum atomic E-state index is 13.6. The Morgan fingerprint density at radius 3 is 2.56 bits per heavy atom. The Bertz CT molecular complexity index is 596. The molecule has 0 heterocycles. The molecule has 0 bridgehead atoms. The molecule has 4 heteroatoms. The molecular weight excluding hydrogens is 247 g/mol. The van der Waals surface area contributed by atoms with Gasteiger partial charge in [0.15, 0.2) is 0 Å². The summed E-state index contributed by atoms with van der Waals surface area (Å²) in [6.45, 7) is 1.92. The van der Waals surface area contributed by atoms with Gasteiger partial charge in [0.05, 0.1) is 11.4 Å². The van der Waals surface area contributed by atoms with Crippen molar-refractivity contribution in [2.24, 2.45) is 5.73 Å². The number of benzene rings is 2. The van der Waals surface area contributed by atoms with E-state index < -0.39 is 0 Å². The lowest BCUT2D eigenvalue weighted by molar-refractivity contribution is 0.632. The highest BCUT2D eigenvalue weighted by Crippen LogP contribution is 2.26. The van der Waals surface area contributed by atoms with Gasteiger partial charge in [0.25, 0.3) is 0 Å². The average molecular weight is 260 g/mol. The van der Waals surface area contributed by atoms with Crippen LogP contribution in [0.2, 0.25) is 0 Å². The van der Waals surface area contributed by atoms with Gasteiger partial charge in [-0.25, -0.2) is 4.39 Å². The first-order valence-electron chi connectivity index (χ1n) is 5.50. The molecule has 0 spiro atoms. The molecule has 0 aliphatic rings. The van der Waals surface area contributed by atoms with E-state index in [0.29, 0.717) is 11.3 Å². The van der Waals surface area contributed by atoms with Crippen LogP contribution in [0.5, 0.6) is 0 Å². The zero-order valence-electron chi connectivity index (χ0n) is 9.91. The quantitative estimate of drug-likeness (QED) is 0.829. The molecule has 2 rings (SSSR count).